The maximum absolute atomic E-state index is 13.9. The van der Waals surface area contributed by atoms with Crippen molar-refractivity contribution in [1.29, 1.82) is 0 Å². The molecule has 1 aliphatic rings. The highest BCUT2D eigenvalue weighted by atomic mass is 35.5. The van der Waals surface area contributed by atoms with Crippen LogP contribution in [-0.2, 0) is 0 Å². The zero-order valence-electron chi connectivity index (χ0n) is 14.9. The highest BCUT2D eigenvalue weighted by Crippen LogP contribution is 2.22. The first-order chi connectivity index (χ1) is 12.5. The molecule has 2 aromatic rings. The molecule has 1 fully saturated rings. The third kappa shape index (κ3) is 4.87. The van der Waals surface area contributed by atoms with E-state index in [1.54, 1.807) is 12.1 Å². The van der Waals surface area contributed by atoms with Crippen LogP contribution in [0.25, 0.3) is 0 Å². The van der Waals surface area contributed by atoms with Gasteiger partial charge < -0.3 is 14.7 Å². The topological polar surface area (TPSA) is 35.9 Å². The predicted molar refractivity (Wildman–Crippen MR) is 103 cm³/mol. The molecule has 0 amide bonds. The van der Waals surface area contributed by atoms with Crippen molar-refractivity contribution in [3.05, 3.63) is 58.9 Å². The Morgan fingerprint density at radius 2 is 1.88 bits per heavy atom. The second-order valence-electron chi connectivity index (χ2n) is 6.61. The largest absolute Gasteiger partial charge is 0.491 e. The third-order valence-corrected chi connectivity index (χ3v) is 4.84. The monoisotopic (exact) mass is 378 g/mol. The van der Waals surface area contributed by atoms with Crippen molar-refractivity contribution in [3.63, 3.8) is 0 Å². The molecule has 0 bridgehead atoms. The Morgan fingerprint density at radius 3 is 2.58 bits per heavy atom. The van der Waals surface area contributed by atoms with Crippen LogP contribution in [0.15, 0.2) is 42.5 Å². The summed E-state index contributed by atoms with van der Waals surface area (Å²) in [5.41, 5.74) is 1.59. The summed E-state index contributed by atoms with van der Waals surface area (Å²) in [6.07, 6.45) is -0.579. The average Bonchev–Trinajstić information content (AvgIpc) is 2.62. The van der Waals surface area contributed by atoms with E-state index in [1.165, 1.54) is 6.07 Å². The van der Waals surface area contributed by atoms with Gasteiger partial charge in [0.1, 0.15) is 24.3 Å². The quantitative estimate of drug-likeness (QED) is 0.836. The number of anilines is 1. The van der Waals surface area contributed by atoms with Crippen molar-refractivity contribution in [1.82, 2.24) is 4.90 Å². The molecule has 0 saturated carbocycles. The first-order valence-electron chi connectivity index (χ1n) is 8.82. The Hall–Kier alpha value is -1.82. The molecule has 0 aromatic heterocycles. The fraction of sp³-hybridized carbons (Fsp3) is 0.400. The molecule has 3 rings (SSSR count). The molecule has 26 heavy (non-hydrogen) atoms. The number of hydrogen-bond donors (Lipinski definition) is 1. The number of aliphatic hydroxyl groups is 1. The van der Waals surface area contributed by atoms with E-state index in [0.717, 1.165) is 37.5 Å². The summed E-state index contributed by atoms with van der Waals surface area (Å²) in [6, 6.07) is 12.3. The van der Waals surface area contributed by atoms with Gasteiger partial charge in [-0.05, 0) is 42.8 Å². The third-order valence-electron chi connectivity index (χ3n) is 4.60. The molecule has 0 aliphatic carbocycles. The zero-order valence-corrected chi connectivity index (χ0v) is 15.6. The van der Waals surface area contributed by atoms with Crippen molar-refractivity contribution >= 4 is 17.3 Å². The van der Waals surface area contributed by atoms with Crippen molar-refractivity contribution in [2.24, 2.45) is 0 Å². The number of aliphatic hydroxyl groups excluding tert-OH is 1. The molecule has 2 aromatic carbocycles. The van der Waals surface area contributed by atoms with Gasteiger partial charge in [0.25, 0.3) is 0 Å². The molecular weight excluding hydrogens is 355 g/mol. The highest BCUT2D eigenvalue weighted by molar-refractivity contribution is 6.30. The molecule has 4 nitrogen and oxygen atoms in total. The van der Waals surface area contributed by atoms with E-state index < -0.39 is 6.10 Å². The molecule has 0 spiro atoms. The Kier molecular flexibility index (Phi) is 6.35. The lowest BCUT2D eigenvalue weighted by Gasteiger charge is -2.37. The van der Waals surface area contributed by atoms with Crippen molar-refractivity contribution in [2.75, 3.05) is 44.2 Å². The number of β-amino-alcohol motifs (C(OH)–C–C–N with tert-alkyl or cyclic N) is 1. The summed E-state index contributed by atoms with van der Waals surface area (Å²) in [5.74, 6) is 0.547. The summed E-state index contributed by atoms with van der Waals surface area (Å²) in [7, 11) is 0. The Labute approximate surface area is 158 Å². The van der Waals surface area contributed by atoms with Crippen LogP contribution >= 0.6 is 11.6 Å². The van der Waals surface area contributed by atoms with Gasteiger partial charge >= 0.3 is 0 Å². The maximum atomic E-state index is 13.9. The van der Waals surface area contributed by atoms with Crippen molar-refractivity contribution < 1.29 is 14.2 Å². The fourth-order valence-electron chi connectivity index (χ4n) is 3.19. The maximum Gasteiger partial charge on any atom is 0.146 e. The van der Waals surface area contributed by atoms with Gasteiger partial charge in [0, 0.05) is 37.7 Å². The second kappa shape index (κ2) is 8.71. The Bertz CT molecular complexity index is 736. The van der Waals surface area contributed by atoms with Gasteiger partial charge in [-0.1, -0.05) is 23.7 Å². The van der Waals surface area contributed by atoms with E-state index in [-0.39, 0.29) is 12.4 Å². The van der Waals surface area contributed by atoms with Crippen LogP contribution in [0.5, 0.6) is 5.75 Å². The van der Waals surface area contributed by atoms with Crippen LogP contribution in [0.4, 0.5) is 10.1 Å². The normalized spacial score (nSPS) is 16.5. The number of para-hydroxylation sites is 1. The van der Waals surface area contributed by atoms with Crippen LogP contribution in [0.3, 0.4) is 0 Å². The number of nitrogens with zero attached hydrogens (tertiary/aromatic N) is 2. The van der Waals surface area contributed by atoms with E-state index in [9.17, 15) is 9.50 Å². The molecule has 1 N–H and O–H groups in total. The SMILES string of the molecule is Cc1cc(Cl)ccc1OC[C@H](O)CN1CCN(c2ccccc2F)CC1. The Morgan fingerprint density at radius 1 is 1.15 bits per heavy atom. The molecule has 140 valence electrons. The molecule has 6 heteroatoms. The number of ether oxygens (including phenoxy) is 1. The van der Waals surface area contributed by atoms with E-state index in [2.05, 4.69) is 4.90 Å². The van der Waals surface area contributed by atoms with E-state index in [4.69, 9.17) is 16.3 Å². The molecule has 1 aliphatic heterocycles. The van der Waals surface area contributed by atoms with E-state index in [0.29, 0.717) is 17.3 Å². The van der Waals surface area contributed by atoms with Crippen LogP contribution in [0.1, 0.15) is 5.56 Å². The summed E-state index contributed by atoms with van der Waals surface area (Å²) < 4.78 is 19.6. The van der Waals surface area contributed by atoms with Crippen LogP contribution in [0.2, 0.25) is 5.02 Å². The summed E-state index contributed by atoms with van der Waals surface area (Å²) in [6.45, 7) is 5.75. The van der Waals surface area contributed by atoms with Crippen LogP contribution in [0, 0.1) is 12.7 Å². The van der Waals surface area contributed by atoms with Gasteiger partial charge in [-0.15, -0.1) is 0 Å². The summed E-state index contributed by atoms with van der Waals surface area (Å²) >= 11 is 5.94. The molecule has 1 saturated heterocycles. The summed E-state index contributed by atoms with van der Waals surface area (Å²) in [4.78, 5) is 4.23. The minimum atomic E-state index is -0.579. The fourth-order valence-corrected chi connectivity index (χ4v) is 3.42. The van der Waals surface area contributed by atoms with Crippen LogP contribution < -0.4 is 9.64 Å². The highest BCUT2D eigenvalue weighted by Gasteiger charge is 2.21. The number of halogens is 2. The molecule has 0 unspecified atom stereocenters. The minimum absolute atomic E-state index is 0.187. The minimum Gasteiger partial charge on any atom is -0.491 e. The van der Waals surface area contributed by atoms with Crippen LogP contribution in [-0.4, -0.2) is 55.4 Å². The van der Waals surface area contributed by atoms with E-state index >= 15 is 0 Å². The number of benzene rings is 2. The smallest absolute Gasteiger partial charge is 0.146 e. The number of aryl methyl sites for hydroxylation is 1. The van der Waals surface area contributed by atoms with Crippen molar-refractivity contribution in [3.8, 4) is 5.75 Å². The van der Waals surface area contributed by atoms with Crippen molar-refractivity contribution in [2.45, 2.75) is 13.0 Å². The molecule has 1 heterocycles. The lowest BCUT2D eigenvalue weighted by Crippen LogP contribution is -2.49. The lowest BCUT2D eigenvalue weighted by molar-refractivity contribution is 0.0660. The number of piperazine rings is 1. The van der Waals surface area contributed by atoms with Gasteiger partial charge in [-0.25, -0.2) is 4.39 Å². The molecular formula is C20H24ClFN2O2. The number of rotatable bonds is 6. The first kappa shape index (κ1) is 19.0. The zero-order chi connectivity index (χ0) is 18.5. The van der Waals surface area contributed by atoms with Gasteiger partial charge in [0.2, 0.25) is 0 Å². The van der Waals surface area contributed by atoms with Gasteiger partial charge in [0.15, 0.2) is 0 Å². The Balaban J connectivity index is 1.44. The van der Waals surface area contributed by atoms with Gasteiger partial charge in [-0.3, -0.25) is 4.90 Å². The molecule has 0 radical (unpaired) electrons. The lowest BCUT2D eigenvalue weighted by atomic mass is 10.2. The van der Waals surface area contributed by atoms with Gasteiger partial charge in [0.05, 0.1) is 5.69 Å². The second-order valence-corrected chi connectivity index (χ2v) is 7.05. The van der Waals surface area contributed by atoms with E-state index in [1.807, 2.05) is 36.1 Å². The van der Waals surface area contributed by atoms with Gasteiger partial charge in [-0.2, -0.15) is 0 Å². The summed E-state index contributed by atoms with van der Waals surface area (Å²) in [5, 5.41) is 10.9. The number of hydrogen-bond acceptors (Lipinski definition) is 4. The predicted octanol–water partition coefficient (Wildman–Crippen LogP) is 3.35. The standard InChI is InChI=1S/C20H24ClFN2O2/c1-15-12-16(21)6-7-20(15)26-14-17(25)13-23-8-10-24(11-9-23)19-5-3-2-4-18(19)22/h2-7,12,17,25H,8-11,13-14H2,1H3/t17-/m1/s1. The first-order valence-corrected chi connectivity index (χ1v) is 9.19. The molecule has 1 atom stereocenters. The average molecular weight is 379 g/mol.